The smallest absolute Gasteiger partial charge is 0.217 e. The van der Waals surface area contributed by atoms with Crippen LogP contribution in [-0.2, 0) is 13.1 Å². The summed E-state index contributed by atoms with van der Waals surface area (Å²) >= 11 is 0. The van der Waals surface area contributed by atoms with Crippen molar-refractivity contribution in [3.05, 3.63) is 53.2 Å². The number of nitrogens with one attached hydrogen (secondary N) is 1. The van der Waals surface area contributed by atoms with Gasteiger partial charge in [-0.25, -0.2) is 4.98 Å². The fourth-order valence-corrected chi connectivity index (χ4v) is 2.04. The summed E-state index contributed by atoms with van der Waals surface area (Å²) in [6.45, 7) is 1.29. The molecule has 0 fully saturated rings. The zero-order valence-electron chi connectivity index (χ0n) is 12.1. The molecule has 0 saturated carbocycles. The summed E-state index contributed by atoms with van der Waals surface area (Å²) in [5, 5.41) is 12.4. The van der Waals surface area contributed by atoms with Crippen molar-refractivity contribution >= 4 is 0 Å². The average Bonchev–Trinajstić information content (AvgIpc) is 2.55. The van der Waals surface area contributed by atoms with Crippen LogP contribution in [0.3, 0.4) is 0 Å². The molecule has 5 nitrogen and oxygen atoms in total. The second-order valence-electron chi connectivity index (χ2n) is 4.42. The van der Waals surface area contributed by atoms with Crippen LogP contribution in [0.1, 0.15) is 16.7 Å². The molecule has 0 amide bonds. The minimum Gasteiger partial charge on any atom is -0.495 e. The molecule has 0 bridgehead atoms. The van der Waals surface area contributed by atoms with E-state index in [0.717, 1.165) is 11.1 Å². The van der Waals surface area contributed by atoms with Gasteiger partial charge in [-0.3, -0.25) is 0 Å². The van der Waals surface area contributed by atoms with Gasteiger partial charge in [-0.2, -0.15) is 5.26 Å². The third-order valence-corrected chi connectivity index (χ3v) is 3.07. The molecular weight excluding hydrogens is 266 g/mol. The molecule has 0 radical (unpaired) electrons. The molecule has 2 rings (SSSR count). The first-order valence-corrected chi connectivity index (χ1v) is 6.54. The van der Waals surface area contributed by atoms with Crippen LogP contribution in [0.5, 0.6) is 11.6 Å². The number of methoxy groups -OCH3 is 2. The Morgan fingerprint density at radius 3 is 2.76 bits per heavy atom. The first kappa shape index (κ1) is 14.8. The minimum atomic E-state index is 0.538. The summed E-state index contributed by atoms with van der Waals surface area (Å²) in [5.74, 6) is 1.22. The highest BCUT2D eigenvalue weighted by Crippen LogP contribution is 2.19. The van der Waals surface area contributed by atoms with Crippen molar-refractivity contribution in [2.75, 3.05) is 14.2 Å². The lowest BCUT2D eigenvalue weighted by Crippen LogP contribution is -2.13. The summed E-state index contributed by atoms with van der Waals surface area (Å²) in [6, 6.07) is 11.5. The predicted molar refractivity (Wildman–Crippen MR) is 79.0 cm³/mol. The van der Waals surface area contributed by atoms with Crippen LogP contribution in [-0.4, -0.2) is 19.2 Å². The Kier molecular flexibility index (Phi) is 5.13. The van der Waals surface area contributed by atoms with E-state index in [-0.39, 0.29) is 0 Å². The first-order valence-electron chi connectivity index (χ1n) is 6.54. The zero-order valence-corrected chi connectivity index (χ0v) is 12.1. The number of benzene rings is 1. The standard InChI is InChI=1S/C16H17N3O2/c1-20-15-6-5-12(8-14(15)9-17)10-18-11-13-4-3-7-19-16(13)21-2/h3-8,18H,10-11H2,1-2H3. The van der Waals surface area contributed by atoms with Crippen LogP contribution in [0.4, 0.5) is 0 Å². The van der Waals surface area contributed by atoms with Gasteiger partial charge in [0.05, 0.1) is 19.8 Å². The van der Waals surface area contributed by atoms with Crippen LogP contribution >= 0.6 is 0 Å². The molecule has 1 aromatic heterocycles. The van der Waals surface area contributed by atoms with Crippen molar-refractivity contribution in [2.24, 2.45) is 0 Å². The number of rotatable bonds is 6. The SMILES string of the molecule is COc1ccc(CNCc2cccnc2OC)cc1C#N. The van der Waals surface area contributed by atoms with Gasteiger partial charge in [-0.15, -0.1) is 0 Å². The van der Waals surface area contributed by atoms with Crippen molar-refractivity contribution < 1.29 is 9.47 Å². The fraction of sp³-hybridized carbons (Fsp3) is 0.250. The molecule has 1 aromatic carbocycles. The molecule has 108 valence electrons. The average molecular weight is 283 g/mol. The molecule has 0 aliphatic carbocycles. The third kappa shape index (κ3) is 3.71. The maximum atomic E-state index is 9.07. The molecule has 2 aromatic rings. The Morgan fingerprint density at radius 2 is 2.05 bits per heavy atom. The number of aromatic nitrogens is 1. The largest absolute Gasteiger partial charge is 0.495 e. The van der Waals surface area contributed by atoms with E-state index >= 15 is 0 Å². The van der Waals surface area contributed by atoms with Gasteiger partial charge in [-0.05, 0) is 23.8 Å². The normalized spacial score (nSPS) is 9.95. The van der Waals surface area contributed by atoms with Crippen molar-refractivity contribution in [1.82, 2.24) is 10.3 Å². The monoisotopic (exact) mass is 283 g/mol. The second kappa shape index (κ2) is 7.27. The van der Waals surface area contributed by atoms with E-state index in [9.17, 15) is 0 Å². The Morgan fingerprint density at radius 1 is 1.19 bits per heavy atom. The van der Waals surface area contributed by atoms with Gasteiger partial charge in [-0.1, -0.05) is 12.1 Å². The van der Waals surface area contributed by atoms with Crippen LogP contribution in [0.15, 0.2) is 36.5 Å². The van der Waals surface area contributed by atoms with E-state index in [1.54, 1.807) is 26.5 Å². The summed E-state index contributed by atoms with van der Waals surface area (Å²) in [4.78, 5) is 4.15. The van der Waals surface area contributed by atoms with Crippen molar-refractivity contribution in [2.45, 2.75) is 13.1 Å². The Hall–Kier alpha value is -2.58. The minimum absolute atomic E-state index is 0.538. The van der Waals surface area contributed by atoms with Gasteiger partial charge >= 0.3 is 0 Å². The number of nitriles is 1. The second-order valence-corrected chi connectivity index (χ2v) is 4.42. The van der Waals surface area contributed by atoms with Gasteiger partial charge in [0.2, 0.25) is 5.88 Å². The van der Waals surface area contributed by atoms with E-state index < -0.39 is 0 Å². The molecule has 1 heterocycles. The fourth-order valence-electron chi connectivity index (χ4n) is 2.04. The number of ether oxygens (including phenoxy) is 2. The van der Waals surface area contributed by atoms with Crippen molar-refractivity contribution in [3.63, 3.8) is 0 Å². The Labute approximate surface area is 124 Å². The highest BCUT2D eigenvalue weighted by Gasteiger charge is 2.05. The van der Waals surface area contributed by atoms with Gasteiger partial charge in [0.25, 0.3) is 0 Å². The van der Waals surface area contributed by atoms with Crippen LogP contribution < -0.4 is 14.8 Å². The maximum Gasteiger partial charge on any atom is 0.217 e. The summed E-state index contributed by atoms with van der Waals surface area (Å²) < 4.78 is 10.3. The molecule has 0 spiro atoms. The number of nitrogens with zero attached hydrogens (tertiary/aromatic N) is 2. The molecule has 1 N–H and O–H groups in total. The maximum absolute atomic E-state index is 9.07. The lowest BCUT2D eigenvalue weighted by Gasteiger charge is -2.09. The number of hydrogen-bond acceptors (Lipinski definition) is 5. The van der Waals surface area contributed by atoms with Gasteiger partial charge in [0, 0.05) is 24.8 Å². The van der Waals surface area contributed by atoms with Gasteiger partial charge in [0.15, 0.2) is 0 Å². The Balaban J connectivity index is 1.99. The number of hydrogen-bond donors (Lipinski definition) is 1. The lowest BCUT2D eigenvalue weighted by atomic mass is 10.1. The molecule has 0 aliphatic rings. The van der Waals surface area contributed by atoms with E-state index in [1.165, 1.54) is 0 Å². The third-order valence-electron chi connectivity index (χ3n) is 3.07. The van der Waals surface area contributed by atoms with E-state index in [4.69, 9.17) is 14.7 Å². The molecule has 0 saturated heterocycles. The van der Waals surface area contributed by atoms with Crippen molar-refractivity contribution in [3.8, 4) is 17.7 Å². The Bertz CT molecular complexity index is 650. The molecule has 0 aliphatic heterocycles. The molecule has 0 unspecified atom stereocenters. The lowest BCUT2D eigenvalue weighted by molar-refractivity contribution is 0.390. The molecular formula is C16H17N3O2. The molecule has 0 atom stereocenters. The topological polar surface area (TPSA) is 67.2 Å². The summed E-state index contributed by atoms with van der Waals surface area (Å²) in [5.41, 5.74) is 2.56. The van der Waals surface area contributed by atoms with E-state index in [2.05, 4.69) is 16.4 Å². The molecule has 5 heteroatoms. The number of pyridine rings is 1. The van der Waals surface area contributed by atoms with E-state index in [0.29, 0.717) is 30.3 Å². The highest BCUT2D eigenvalue weighted by atomic mass is 16.5. The van der Waals surface area contributed by atoms with Crippen LogP contribution in [0.25, 0.3) is 0 Å². The van der Waals surface area contributed by atoms with Crippen LogP contribution in [0.2, 0.25) is 0 Å². The van der Waals surface area contributed by atoms with E-state index in [1.807, 2.05) is 24.3 Å². The molecule has 21 heavy (non-hydrogen) atoms. The zero-order chi connectivity index (χ0) is 15.1. The summed E-state index contributed by atoms with van der Waals surface area (Å²) in [7, 11) is 3.16. The first-order chi connectivity index (χ1) is 10.3. The predicted octanol–water partition coefficient (Wildman–Crippen LogP) is 2.26. The highest BCUT2D eigenvalue weighted by molar-refractivity contribution is 5.45. The van der Waals surface area contributed by atoms with Crippen molar-refractivity contribution in [1.29, 1.82) is 5.26 Å². The van der Waals surface area contributed by atoms with Gasteiger partial charge in [0.1, 0.15) is 11.8 Å². The quantitative estimate of drug-likeness (QED) is 0.880. The van der Waals surface area contributed by atoms with Crippen LogP contribution in [0, 0.1) is 11.3 Å². The van der Waals surface area contributed by atoms with Gasteiger partial charge < -0.3 is 14.8 Å². The summed E-state index contributed by atoms with van der Waals surface area (Å²) in [6.07, 6.45) is 1.70.